The van der Waals surface area contributed by atoms with Gasteiger partial charge in [-0.15, -0.1) is 0 Å². The van der Waals surface area contributed by atoms with Crippen LogP contribution in [0.4, 0.5) is 5.82 Å². The Kier molecular flexibility index (Phi) is 2.49. The lowest BCUT2D eigenvalue weighted by Crippen LogP contribution is -2.18. The largest absolute Gasteiger partial charge is 0.381 e. The summed E-state index contributed by atoms with van der Waals surface area (Å²) < 4.78 is 5.34. The van der Waals surface area contributed by atoms with Crippen LogP contribution in [0.5, 0.6) is 0 Å². The van der Waals surface area contributed by atoms with Crippen molar-refractivity contribution in [3.05, 3.63) is 21.7 Å². The second-order valence-electron chi connectivity index (χ2n) is 3.21. The number of nitrogens with zero attached hydrogens (tertiary/aromatic N) is 1. The second-order valence-corrected chi connectivity index (χ2v) is 3.21. The summed E-state index contributed by atoms with van der Waals surface area (Å²) >= 11 is 0. The van der Waals surface area contributed by atoms with Gasteiger partial charge in [0.25, 0.3) is 0 Å². The summed E-state index contributed by atoms with van der Waals surface area (Å²) in [5, 5.41) is 2.94. The predicted octanol–water partition coefficient (Wildman–Crippen LogP) is -0.0732. The van der Waals surface area contributed by atoms with Crippen molar-refractivity contribution in [3.63, 3.8) is 0 Å². The molecule has 1 aliphatic rings. The molecule has 5 heteroatoms. The van der Waals surface area contributed by atoms with E-state index in [1.165, 1.54) is 0 Å². The molecule has 0 aliphatic carbocycles. The molecule has 0 bridgehead atoms. The van der Waals surface area contributed by atoms with Gasteiger partial charge in [-0.25, -0.2) is 4.79 Å². The number of fused-ring (bicyclic) bond motifs is 1. The molecule has 0 amide bonds. The van der Waals surface area contributed by atoms with Crippen LogP contribution in [0.2, 0.25) is 0 Å². The topological polar surface area (TPSA) is 67.0 Å². The van der Waals surface area contributed by atoms with Crippen molar-refractivity contribution >= 4 is 5.82 Å². The molecule has 1 aliphatic heterocycles. The van der Waals surface area contributed by atoms with Crippen LogP contribution in [0.1, 0.15) is 11.3 Å². The maximum atomic E-state index is 11.2. The number of hydrogen-bond acceptors (Lipinski definition) is 4. The summed E-state index contributed by atoms with van der Waals surface area (Å²) in [5.74, 6) is 0.675. The van der Waals surface area contributed by atoms with E-state index in [4.69, 9.17) is 4.74 Å². The van der Waals surface area contributed by atoms with Crippen molar-refractivity contribution in [1.82, 2.24) is 9.97 Å². The molecule has 76 valence electrons. The minimum atomic E-state index is -0.296. The normalized spacial score (nSPS) is 15.8. The fraction of sp³-hybridized carbons (Fsp3) is 0.556. The first-order valence-corrected chi connectivity index (χ1v) is 4.69. The van der Waals surface area contributed by atoms with Gasteiger partial charge in [-0.05, 0) is 0 Å². The van der Waals surface area contributed by atoms with E-state index in [2.05, 4.69) is 15.3 Å². The number of hydrogen-bond donors (Lipinski definition) is 2. The second kappa shape index (κ2) is 3.79. The van der Waals surface area contributed by atoms with Gasteiger partial charge in [-0.2, -0.15) is 4.98 Å². The number of aromatic amines is 1. The molecule has 0 fully saturated rings. The lowest BCUT2D eigenvalue weighted by atomic mass is 10.1. The Morgan fingerprint density at radius 1 is 1.43 bits per heavy atom. The Bertz CT molecular complexity index is 386. The zero-order chi connectivity index (χ0) is 9.97. The van der Waals surface area contributed by atoms with Gasteiger partial charge >= 0.3 is 5.69 Å². The maximum Gasteiger partial charge on any atom is 0.347 e. The van der Waals surface area contributed by atoms with E-state index in [9.17, 15) is 4.79 Å². The zero-order valence-electron chi connectivity index (χ0n) is 8.09. The Morgan fingerprint density at radius 3 is 3.00 bits per heavy atom. The molecule has 1 aromatic heterocycles. The summed E-state index contributed by atoms with van der Waals surface area (Å²) in [6.07, 6.45) is 1.55. The Hall–Kier alpha value is -1.36. The lowest BCUT2D eigenvalue weighted by Gasteiger charge is -2.08. The molecule has 0 saturated carbocycles. The highest BCUT2D eigenvalue weighted by molar-refractivity contribution is 5.45. The van der Waals surface area contributed by atoms with Gasteiger partial charge in [0.05, 0.1) is 13.2 Å². The molecule has 0 unspecified atom stereocenters. The predicted molar refractivity (Wildman–Crippen MR) is 52.6 cm³/mol. The highest BCUT2D eigenvalue weighted by Crippen LogP contribution is 2.17. The smallest absolute Gasteiger partial charge is 0.347 e. The number of aromatic nitrogens is 2. The van der Waals surface area contributed by atoms with E-state index in [1.807, 2.05) is 0 Å². The van der Waals surface area contributed by atoms with E-state index >= 15 is 0 Å². The van der Waals surface area contributed by atoms with Crippen LogP contribution in [0.3, 0.4) is 0 Å². The van der Waals surface area contributed by atoms with Crippen molar-refractivity contribution in [2.45, 2.75) is 12.8 Å². The monoisotopic (exact) mass is 195 g/mol. The van der Waals surface area contributed by atoms with Crippen LogP contribution in [0, 0.1) is 0 Å². The maximum absolute atomic E-state index is 11.2. The minimum absolute atomic E-state index is 0.296. The number of anilines is 1. The molecule has 0 saturated heterocycles. The minimum Gasteiger partial charge on any atom is -0.381 e. The van der Waals surface area contributed by atoms with Crippen molar-refractivity contribution in [3.8, 4) is 0 Å². The number of nitrogens with one attached hydrogen (secondary N) is 2. The first kappa shape index (κ1) is 9.21. The van der Waals surface area contributed by atoms with Gasteiger partial charge in [0.1, 0.15) is 5.82 Å². The van der Waals surface area contributed by atoms with Crippen molar-refractivity contribution in [2.75, 3.05) is 25.6 Å². The van der Waals surface area contributed by atoms with Gasteiger partial charge in [0, 0.05) is 31.1 Å². The first-order valence-electron chi connectivity index (χ1n) is 4.69. The fourth-order valence-electron chi connectivity index (χ4n) is 1.68. The first-order chi connectivity index (χ1) is 6.81. The van der Waals surface area contributed by atoms with Crippen LogP contribution < -0.4 is 11.0 Å². The molecule has 0 spiro atoms. The third-order valence-corrected chi connectivity index (χ3v) is 2.35. The average molecular weight is 195 g/mol. The van der Waals surface area contributed by atoms with Crippen LogP contribution in [-0.4, -0.2) is 30.2 Å². The van der Waals surface area contributed by atoms with Crippen LogP contribution in [-0.2, 0) is 17.6 Å². The molecule has 2 N–H and O–H groups in total. The van der Waals surface area contributed by atoms with Gasteiger partial charge in [-0.3, -0.25) is 0 Å². The van der Waals surface area contributed by atoms with Crippen LogP contribution in [0.15, 0.2) is 4.79 Å². The van der Waals surface area contributed by atoms with Gasteiger partial charge < -0.3 is 15.0 Å². The fourth-order valence-corrected chi connectivity index (χ4v) is 1.68. The molecule has 1 aromatic rings. The van der Waals surface area contributed by atoms with Gasteiger partial charge in [-0.1, -0.05) is 0 Å². The van der Waals surface area contributed by atoms with Crippen LogP contribution in [0.25, 0.3) is 0 Å². The molecule has 14 heavy (non-hydrogen) atoms. The Morgan fingerprint density at radius 2 is 2.21 bits per heavy atom. The third-order valence-electron chi connectivity index (χ3n) is 2.35. The highest BCUT2D eigenvalue weighted by atomic mass is 16.5. The zero-order valence-corrected chi connectivity index (χ0v) is 8.09. The van der Waals surface area contributed by atoms with E-state index in [0.717, 1.165) is 24.1 Å². The Labute approximate surface area is 81.5 Å². The third kappa shape index (κ3) is 1.63. The molecular weight excluding hydrogens is 182 g/mol. The SMILES string of the molecule is CNc1nc(=O)[nH]c2c1CCOCC2. The standard InChI is InChI=1S/C9H13N3O2/c1-10-8-6-2-4-14-5-3-7(6)11-9(13)12-8/h2-5H2,1H3,(H2,10,11,12,13). The van der Waals surface area contributed by atoms with E-state index < -0.39 is 0 Å². The van der Waals surface area contributed by atoms with Crippen molar-refractivity contribution in [1.29, 1.82) is 0 Å². The molecule has 2 heterocycles. The summed E-state index contributed by atoms with van der Waals surface area (Å²) in [6.45, 7) is 1.35. The Balaban J connectivity index is 2.52. The molecular formula is C9H13N3O2. The summed E-state index contributed by atoms with van der Waals surface area (Å²) in [7, 11) is 1.77. The molecule has 0 atom stereocenters. The highest BCUT2D eigenvalue weighted by Gasteiger charge is 2.13. The molecule has 0 radical (unpaired) electrons. The van der Waals surface area contributed by atoms with Crippen molar-refractivity contribution < 1.29 is 4.74 Å². The van der Waals surface area contributed by atoms with E-state index in [-0.39, 0.29) is 5.69 Å². The number of ether oxygens (including phenoxy) is 1. The number of H-pyrrole nitrogens is 1. The molecule has 5 nitrogen and oxygen atoms in total. The molecule has 2 rings (SSSR count). The van der Waals surface area contributed by atoms with Gasteiger partial charge in [0.15, 0.2) is 0 Å². The average Bonchev–Trinajstić information content (AvgIpc) is 2.41. The van der Waals surface area contributed by atoms with Gasteiger partial charge in [0.2, 0.25) is 0 Å². The molecule has 0 aromatic carbocycles. The summed E-state index contributed by atoms with van der Waals surface area (Å²) in [6, 6.07) is 0. The lowest BCUT2D eigenvalue weighted by molar-refractivity contribution is 0.146. The van der Waals surface area contributed by atoms with Crippen molar-refractivity contribution in [2.24, 2.45) is 0 Å². The number of rotatable bonds is 1. The van der Waals surface area contributed by atoms with E-state index in [0.29, 0.717) is 19.0 Å². The summed E-state index contributed by atoms with van der Waals surface area (Å²) in [4.78, 5) is 17.8. The van der Waals surface area contributed by atoms with E-state index in [1.54, 1.807) is 7.05 Å². The quantitative estimate of drug-likeness (QED) is 0.658. The van der Waals surface area contributed by atoms with Crippen LogP contribution >= 0.6 is 0 Å². The summed E-state index contributed by atoms with van der Waals surface area (Å²) in [5.41, 5.74) is 1.73.